The van der Waals surface area contributed by atoms with Gasteiger partial charge in [-0.3, -0.25) is 19.2 Å². The van der Waals surface area contributed by atoms with Crippen LogP contribution < -0.4 is 0 Å². The Morgan fingerprint density at radius 1 is 0.833 bits per heavy atom. The van der Waals surface area contributed by atoms with Crippen LogP contribution in [0.4, 0.5) is 0 Å². The number of hydrogen-bond donors (Lipinski definition) is 0. The molecule has 0 radical (unpaired) electrons. The van der Waals surface area contributed by atoms with Crippen molar-refractivity contribution in [1.29, 1.82) is 0 Å². The topological polar surface area (TPSA) is 74.8 Å². The Balaban J connectivity index is 1.38. The van der Waals surface area contributed by atoms with Crippen molar-refractivity contribution in [3.63, 3.8) is 0 Å². The van der Waals surface area contributed by atoms with Crippen LogP contribution in [-0.2, 0) is 9.59 Å². The summed E-state index contributed by atoms with van der Waals surface area (Å²) in [7, 11) is 0. The van der Waals surface area contributed by atoms with E-state index in [2.05, 4.69) is 0 Å². The van der Waals surface area contributed by atoms with E-state index in [0.717, 1.165) is 16.4 Å². The number of halogens is 4. The zero-order chi connectivity index (χ0) is 25.5. The maximum atomic E-state index is 13.7. The maximum Gasteiger partial charge on any atom is 0.273 e. The lowest BCUT2D eigenvalue weighted by atomic mass is 9.63. The van der Waals surface area contributed by atoms with Gasteiger partial charge in [0.2, 0.25) is 0 Å². The molecule has 10 heteroatoms. The lowest BCUT2D eigenvalue weighted by Gasteiger charge is -2.37. The quantitative estimate of drug-likeness (QED) is 0.270. The molecule has 0 unspecified atom stereocenters. The van der Waals surface area contributed by atoms with E-state index in [4.69, 9.17) is 46.4 Å². The molecule has 1 heterocycles. The van der Waals surface area contributed by atoms with Gasteiger partial charge in [-0.2, -0.15) is 5.01 Å². The molecule has 6 nitrogen and oxygen atoms in total. The average molecular weight is 564 g/mol. The Morgan fingerprint density at radius 3 is 2.06 bits per heavy atom. The van der Waals surface area contributed by atoms with Crippen molar-refractivity contribution in [1.82, 2.24) is 10.0 Å². The molecule has 7 rings (SSSR count). The predicted molar refractivity (Wildman–Crippen MR) is 135 cm³/mol. The lowest BCUT2D eigenvalue weighted by molar-refractivity contribution is -0.154. The van der Waals surface area contributed by atoms with Crippen LogP contribution in [0.5, 0.6) is 0 Å². The zero-order valence-electron chi connectivity index (χ0n) is 18.5. The minimum atomic E-state index is -0.724. The molecule has 3 fully saturated rings. The number of ketones is 1. The van der Waals surface area contributed by atoms with Crippen LogP contribution in [0.1, 0.15) is 27.1 Å². The Morgan fingerprint density at radius 2 is 1.47 bits per heavy atom. The predicted octanol–water partition coefficient (Wildman–Crippen LogP) is 5.59. The Labute approximate surface area is 226 Å². The molecule has 2 bridgehead atoms. The van der Waals surface area contributed by atoms with E-state index >= 15 is 0 Å². The van der Waals surface area contributed by atoms with E-state index in [-0.39, 0.29) is 38.0 Å². The molecule has 1 saturated heterocycles. The van der Waals surface area contributed by atoms with Crippen molar-refractivity contribution < 1.29 is 19.2 Å². The summed E-state index contributed by atoms with van der Waals surface area (Å²) in [6, 6.07) is 8.58. The third kappa shape index (κ3) is 3.61. The highest BCUT2D eigenvalue weighted by Crippen LogP contribution is 2.65. The first-order chi connectivity index (χ1) is 17.2. The average Bonchev–Trinajstić information content (AvgIpc) is 3.62. The van der Waals surface area contributed by atoms with Crippen molar-refractivity contribution in [2.24, 2.45) is 35.5 Å². The van der Waals surface area contributed by atoms with E-state index in [1.165, 1.54) is 36.4 Å². The van der Waals surface area contributed by atoms with Gasteiger partial charge in [0, 0.05) is 16.1 Å². The first kappa shape index (κ1) is 24.0. The maximum absolute atomic E-state index is 13.7. The van der Waals surface area contributed by atoms with Crippen LogP contribution in [0.3, 0.4) is 0 Å². The van der Waals surface area contributed by atoms with Crippen molar-refractivity contribution in [3.8, 4) is 0 Å². The number of carbonyl (C=O) groups excluding carboxylic acids is 4. The summed E-state index contributed by atoms with van der Waals surface area (Å²) < 4.78 is 0. The van der Waals surface area contributed by atoms with Gasteiger partial charge in [-0.1, -0.05) is 58.6 Å². The molecule has 2 aromatic rings. The van der Waals surface area contributed by atoms with Crippen molar-refractivity contribution >= 4 is 69.9 Å². The molecule has 3 amide bonds. The summed E-state index contributed by atoms with van der Waals surface area (Å²) in [5.41, 5.74) is 0.200. The van der Waals surface area contributed by atoms with E-state index in [0.29, 0.717) is 16.9 Å². The van der Waals surface area contributed by atoms with Gasteiger partial charge in [0.05, 0.1) is 26.9 Å². The number of imide groups is 1. The third-order valence-corrected chi connectivity index (χ3v) is 9.09. The van der Waals surface area contributed by atoms with Gasteiger partial charge in [0.15, 0.2) is 5.78 Å². The number of benzene rings is 2. The van der Waals surface area contributed by atoms with Gasteiger partial charge in [-0.05, 0) is 66.5 Å². The molecule has 2 saturated carbocycles. The SMILES string of the molecule is O=C(CN(C(=O)c1ccc(Cl)c(Cl)c1)N1C(=O)[C@@H]2[C@H]3C=C[C@@H]([C@@H]4C[C@H]34)[C@H]2C1=O)c1ccc(Cl)cc1Cl. The van der Waals surface area contributed by atoms with Crippen molar-refractivity contribution in [2.45, 2.75) is 6.42 Å². The second-order valence-electron chi connectivity index (χ2n) is 9.68. The second-order valence-corrected chi connectivity index (χ2v) is 11.3. The number of carbonyl (C=O) groups is 4. The smallest absolute Gasteiger partial charge is 0.273 e. The zero-order valence-corrected chi connectivity index (χ0v) is 21.6. The number of allylic oxidation sites excluding steroid dienone is 2. The van der Waals surface area contributed by atoms with Gasteiger partial charge < -0.3 is 0 Å². The van der Waals surface area contributed by atoms with Gasteiger partial charge in [0.25, 0.3) is 17.7 Å². The lowest BCUT2D eigenvalue weighted by Crippen LogP contribution is -2.52. The highest BCUT2D eigenvalue weighted by Gasteiger charge is 2.68. The van der Waals surface area contributed by atoms with E-state index in [9.17, 15) is 19.2 Å². The minimum absolute atomic E-state index is 0.0326. The molecule has 2 aromatic carbocycles. The largest absolute Gasteiger partial charge is 0.292 e. The standard InChI is InChI=1S/C26H18Cl4N2O4/c27-12-2-3-15(19(29)8-12)21(33)10-31(24(34)11-1-6-18(28)20(30)7-11)32-25(35)22-13-4-5-14(17-9-16(13)17)23(22)26(32)36/h1-8,13-14,16-17,22-23H,9-10H2/t13-,14-,16-,17+,22+,23+/m0/s1. The number of hydrazine groups is 1. The number of nitrogens with zero attached hydrogens (tertiary/aromatic N) is 2. The second kappa shape index (κ2) is 8.59. The summed E-state index contributed by atoms with van der Waals surface area (Å²) >= 11 is 24.3. The number of amides is 3. The van der Waals surface area contributed by atoms with Crippen molar-refractivity contribution in [3.05, 3.63) is 79.8 Å². The van der Waals surface area contributed by atoms with Gasteiger partial charge in [-0.15, -0.1) is 0 Å². The molecule has 0 aromatic heterocycles. The van der Waals surface area contributed by atoms with Crippen LogP contribution in [-0.4, -0.2) is 40.1 Å². The van der Waals surface area contributed by atoms with E-state index in [1.54, 1.807) is 0 Å². The molecule has 0 spiro atoms. The summed E-state index contributed by atoms with van der Waals surface area (Å²) in [6.07, 6.45) is 5.09. The van der Waals surface area contributed by atoms with E-state index < -0.39 is 41.9 Å². The molecule has 4 aliphatic carbocycles. The minimum Gasteiger partial charge on any atom is -0.292 e. The molecule has 36 heavy (non-hydrogen) atoms. The van der Waals surface area contributed by atoms with Crippen LogP contribution in [0.15, 0.2) is 48.6 Å². The summed E-state index contributed by atoms with van der Waals surface area (Å²) in [5, 5.41) is 2.61. The molecule has 1 aliphatic heterocycles. The van der Waals surface area contributed by atoms with Gasteiger partial charge >= 0.3 is 0 Å². The number of hydrogen-bond acceptors (Lipinski definition) is 4. The van der Waals surface area contributed by atoms with Gasteiger partial charge in [-0.25, -0.2) is 5.01 Å². The molecule has 184 valence electrons. The third-order valence-electron chi connectivity index (χ3n) is 7.81. The summed E-state index contributed by atoms with van der Waals surface area (Å²) in [4.78, 5) is 54.4. The van der Waals surface area contributed by atoms with Crippen molar-refractivity contribution in [2.75, 3.05) is 6.54 Å². The van der Waals surface area contributed by atoms with Crippen LogP contribution in [0, 0.1) is 35.5 Å². The first-order valence-electron chi connectivity index (χ1n) is 11.5. The van der Waals surface area contributed by atoms with Gasteiger partial charge in [0.1, 0.15) is 6.54 Å². The molecular weight excluding hydrogens is 546 g/mol. The fraction of sp³-hybridized carbons (Fsp3) is 0.308. The first-order valence-corrected chi connectivity index (χ1v) is 13.0. The summed E-state index contributed by atoms with van der Waals surface area (Å²) in [5.74, 6) is -2.54. The molecule has 6 atom stereocenters. The Kier molecular flexibility index (Phi) is 5.72. The Hall–Kier alpha value is -2.38. The fourth-order valence-electron chi connectivity index (χ4n) is 6.13. The molecule has 5 aliphatic rings. The normalized spacial score (nSPS) is 29.3. The molecular formula is C26H18Cl4N2O4. The highest BCUT2D eigenvalue weighted by molar-refractivity contribution is 6.42. The van der Waals surface area contributed by atoms with E-state index in [1.807, 2.05) is 12.2 Å². The van der Waals surface area contributed by atoms with Crippen LogP contribution >= 0.6 is 46.4 Å². The Bertz CT molecular complexity index is 1360. The fourth-order valence-corrected chi connectivity index (χ4v) is 6.94. The number of Topliss-reactive ketones (excluding diaryl/α,β-unsaturated/α-hetero) is 1. The summed E-state index contributed by atoms with van der Waals surface area (Å²) in [6.45, 7) is -0.576. The molecule has 0 N–H and O–H groups in total. The highest BCUT2D eigenvalue weighted by atomic mass is 35.5. The van der Waals surface area contributed by atoms with Crippen LogP contribution in [0.25, 0.3) is 0 Å². The van der Waals surface area contributed by atoms with Crippen LogP contribution in [0.2, 0.25) is 20.1 Å². The monoisotopic (exact) mass is 562 g/mol. The number of rotatable bonds is 5.